The zero-order valence-electron chi connectivity index (χ0n) is 22.2. The van der Waals surface area contributed by atoms with Gasteiger partial charge in [0.15, 0.2) is 0 Å². The maximum absolute atomic E-state index is 12.5. The summed E-state index contributed by atoms with van der Waals surface area (Å²) >= 11 is 0. The molecule has 192 valence electrons. The van der Waals surface area contributed by atoms with Gasteiger partial charge >= 0.3 is 0 Å². The van der Waals surface area contributed by atoms with E-state index in [1.165, 1.54) is 0 Å². The number of allylic oxidation sites excluding steroid dienone is 10. The highest BCUT2D eigenvalue weighted by molar-refractivity contribution is 5.81. The molecule has 0 aliphatic heterocycles. The summed E-state index contributed by atoms with van der Waals surface area (Å²) in [7, 11) is 0. The highest BCUT2D eigenvalue weighted by Crippen LogP contribution is 2.12. The fraction of sp³-hybridized carbons (Fsp3) is 0.469. The van der Waals surface area contributed by atoms with E-state index >= 15 is 0 Å². The molecule has 1 aromatic carbocycles. The lowest BCUT2D eigenvalue weighted by Gasteiger charge is -2.20. The quantitative estimate of drug-likeness (QED) is 0.160. The Hall–Kier alpha value is -2.65. The predicted octanol–water partition coefficient (Wildman–Crippen LogP) is 8.58. The minimum Gasteiger partial charge on any atom is -0.368 e. The lowest BCUT2D eigenvalue weighted by atomic mass is 10.1. The van der Waals surface area contributed by atoms with Crippen LogP contribution in [0.15, 0.2) is 91.1 Å². The maximum Gasteiger partial charge on any atom is 0.249 e. The molecule has 2 atom stereocenters. The molecule has 0 aliphatic carbocycles. The van der Waals surface area contributed by atoms with E-state index in [1.807, 2.05) is 44.2 Å². The third-order valence-electron chi connectivity index (χ3n) is 5.56. The third-order valence-corrected chi connectivity index (χ3v) is 5.56. The molecule has 1 N–H and O–H groups in total. The second-order valence-electron chi connectivity index (χ2n) is 8.61. The van der Waals surface area contributed by atoms with Crippen LogP contribution in [0.25, 0.3) is 0 Å². The van der Waals surface area contributed by atoms with Crippen molar-refractivity contribution in [3.05, 3.63) is 96.7 Å². The van der Waals surface area contributed by atoms with Gasteiger partial charge in [0.1, 0.15) is 6.10 Å². The molecule has 1 amide bonds. The molecule has 0 fully saturated rings. The molecule has 0 saturated carbocycles. The smallest absolute Gasteiger partial charge is 0.249 e. The van der Waals surface area contributed by atoms with Gasteiger partial charge in [0.2, 0.25) is 5.91 Å². The van der Waals surface area contributed by atoms with Crippen molar-refractivity contribution in [2.24, 2.45) is 0 Å². The number of amides is 1. The maximum atomic E-state index is 12.5. The summed E-state index contributed by atoms with van der Waals surface area (Å²) in [5.41, 5.74) is 1.10. The third kappa shape index (κ3) is 16.6. The van der Waals surface area contributed by atoms with E-state index in [-0.39, 0.29) is 18.1 Å². The highest BCUT2D eigenvalue weighted by Gasteiger charge is 2.19. The Labute approximate surface area is 214 Å². The van der Waals surface area contributed by atoms with Gasteiger partial charge in [-0.15, -0.1) is 0 Å². The minimum atomic E-state index is -0.380. The van der Waals surface area contributed by atoms with E-state index in [0.717, 1.165) is 56.9 Å². The number of rotatable bonds is 19. The molecule has 0 aromatic heterocycles. The van der Waals surface area contributed by atoms with Crippen molar-refractivity contribution in [2.45, 2.75) is 90.7 Å². The molecule has 35 heavy (non-hydrogen) atoms. The Bertz CT molecular complexity index is 789. The molecule has 3 nitrogen and oxygen atoms in total. The van der Waals surface area contributed by atoms with Gasteiger partial charge in [0.25, 0.3) is 0 Å². The SMILES string of the molecule is CC/C=C\C/C=C\C/C=C\C/C=C\C/C=C\CCCCOC(CC)C(=O)NC(C)c1ccccc1. The molecule has 0 saturated heterocycles. The normalized spacial score (nSPS) is 14.1. The summed E-state index contributed by atoms with van der Waals surface area (Å²) < 4.78 is 5.86. The van der Waals surface area contributed by atoms with Crippen molar-refractivity contribution in [1.29, 1.82) is 0 Å². The number of hydrogen-bond acceptors (Lipinski definition) is 2. The van der Waals surface area contributed by atoms with Crippen LogP contribution < -0.4 is 5.32 Å². The summed E-state index contributed by atoms with van der Waals surface area (Å²) in [4.78, 5) is 12.5. The van der Waals surface area contributed by atoms with Crippen molar-refractivity contribution in [3.8, 4) is 0 Å². The summed E-state index contributed by atoms with van der Waals surface area (Å²) in [5, 5.41) is 3.07. The predicted molar refractivity (Wildman–Crippen MR) is 151 cm³/mol. The summed E-state index contributed by atoms with van der Waals surface area (Å²) in [6.07, 6.45) is 30.7. The van der Waals surface area contributed by atoms with E-state index in [2.05, 4.69) is 73.0 Å². The van der Waals surface area contributed by atoms with E-state index < -0.39 is 0 Å². The fourth-order valence-corrected chi connectivity index (χ4v) is 3.47. The largest absolute Gasteiger partial charge is 0.368 e. The first-order chi connectivity index (χ1) is 17.2. The Morgan fingerprint density at radius 2 is 1.34 bits per heavy atom. The van der Waals surface area contributed by atoms with Gasteiger partial charge in [-0.25, -0.2) is 0 Å². The van der Waals surface area contributed by atoms with Crippen LogP contribution in [-0.2, 0) is 9.53 Å². The van der Waals surface area contributed by atoms with Crippen LogP contribution in [0.1, 0.15) is 90.2 Å². The minimum absolute atomic E-state index is 0.0170. The van der Waals surface area contributed by atoms with E-state index in [9.17, 15) is 4.79 Å². The van der Waals surface area contributed by atoms with Gasteiger partial charge in [0.05, 0.1) is 6.04 Å². The van der Waals surface area contributed by atoms with Gasteiger partial charge in [-0.2, -0.15) is 0 Å². The summed E-state index contributed by atoms with van der Waals surface area (Å²) in [6, 6.07) is 10.0. The number of ether oxygens (including phenoxy) is 1. The molecule has 0 heterocycles. The molecule has 1 aromatic rings. The number of unbranched alkanes of at least 4 members (excludes halogenated alkanes) is 2. The van der Waals surface area contributed by atoms with Crippen LogP contribution in [-0.4, -0.2) is 18.6 Å². The molecule has 0 spiro atoms. The van der Waals surface area contributed by atoms with Crippen molar-refractivity contribution in [3.63, 3.8) is 0 Å². The lowest BCUT2D eigenvalue weighted by Crippen LogP contribution is -2.37. The lowest BCUT2D eigenvalue weighted by molar-refractivity contribution is -0.133. The average molecular weight is 478 g/mol. The second kappa shape index (κ2) is 21.9. The zero-order chi connectivity index (χ0) is 25.4. The van der Waals surface area contributed by atoms with Crippen molar-refractivity contribution >= 4 is 5.91 Å². The first kappa shape index (κ1) is 30.4. The van der Waals surface area contributed by atoms with Gasteiger partial charge in [0, 0.05) is 6.61 Å². The summed E-state index contributed by atoms with van der Waals surface area (Å²) in [6.45, 7) is 6.78. The van der Waals surface area contributed by atoms with E-state index in [4.69, 9.17) is 4.74 Å². The van der Waals surface area contributed by atoms with Crippen LogP contribution in [0.3, 0.4) is 0 Å². The van der Waals surface area contributed by atoms with Gasteiger partial charge in [-0.05, 0) is 70.3 Å². The first-order valence-electron chi connectivity index (χ1n) is 13.4. The number of nitrogens with one attached hydrogen (secondary N) is 1. The number of hydrogen-bond donors (Lipinski definition) is 1. The van der Waals surface area contributed by atoms with E-state index in [1.54, 1.807) is 0 Å². The van der Waals surface area contributed by atoms with Crippen LogP contribution in [0.2, 0.25) is 0 Å². The van der Waals surface area contributed by atoms with Gasteiger partial charge in [-0.1, -0.05) is 105 Å². The van der Waals surface area contributed by atoms with Crippen LogP contribution in [0.4, 0.5) is 0 Å². The molecule has 1 rings (SSSR count). The molecule has 0 bridgehead atoms. The highest BCUT2D eigenvalue weighted by atomic mass is 16.5. The Morgan fingerprint density at radius 3 is 1.89 bits per heavy atom. The van der Waals surface area contributed by atoms with Gasteiger partial charge in [-0.3, -0.25) is 4.79 Å². The Morgan fingerprint density at radius 1 is 0.800 bits per heavy atom. The molecule has 0 radical (unpaired) electrons. The number of carbonyl (C=O) groups is 1. The zero-order valence-corrected chi connectivity index (χ0v) is 22.2. The molecule has 0 aliphatic rings. The topological polar surface area (TPSA) is 38.3 Å². The van der Waals surface area contributed by atoms with Gasteiger partial charge < -0.3 is 10.1 Å². The van der Waals surface area contributed by atoms with Crippen molar-refractivity contribution in [2.75, 3.05) is 6.61 Å². The Kier molecular flexibility index (Phi) is 19.0. The van der Waals surface area contributed by atoms with Crippen LogP contribution >= 0.6 is 0 Å². The molecular weight excluding hydrogens is 430 g/mol. The van der Waals surface area contributed by atoms with E-state index in [0.29, 0.717) is 13.0 Å². The number of benzene rings is 1. The average Bonchev–Trinajstić information content (AvgIpc) is 2.88. The summed E-state index contributed by atoms with van der Waals surface area (Å²) in [5.74, 6) is -0.0262. The monoisotopic (exact) mass is 477 g/mol. The molecule has 3 heteroatoms. The van der Waals surface area contributed by atoms with Crippen molar-refractivity contribution in [1.82, 2.24) is 5.32 Å². The fourth-order valence-electron chi connectivity index (χ4n) is 3.47. The Balaban J connectivity index is 2.06. The number of carbonyl (C=O) groups excluding carboxylic acids is 1. The van der Waals surface area contributed by atoms with Crippen molar-refractivity contribution < 1.29 is 9.53 Å². The second-order valence-corrected chi connectivity index (χ2v) is 8.61. The van der Waals surface area contributed by atoms with Crippen LogP contribution in [0.5, 0.6) is 0 Å². The first-order valence-corrected chi connectivity index (χ1v) is 13.4. The molecular formula is C32H47NO2. The standard InChI is InChI=1S/C32H47NO2/c1-4-6-7-8-9-10-11-12-13-14-15-16-17-18-19-20-21-25-28-35-31(5-2)32(34)33-29(3)30-26-23-22-24-27-30/h6-7,9-10,12-13,15-16,18-19,22-24,26-27,29,31H,4-5,8,11,14,17,20-21,25,28H2,1-3H3,(H,33,34)/b7-6-,10-9-,13-12-,16-15-,19-18-. The van der Waals surface area contributed by atoms with Crippen LogP contribution in [0, 0.1) is 0 Å². The molecule has 2 unspecified atom stereocenters.